The lowest BCUT2D eigenvalue weighted by Crippen LogP contribution is -2.41. The first-order valence-electron chi connectivity index (χ1n) is 12.5. The van der Waals surface area contributed by atoms with E-state index in [2.05, 4.69) is 47.2 Å². The van der Waals surface area contributed by atoms with Crippen molar-refractivity contribution < 1.29 is 38.5 Å². The van der Waals surface area contributed by atoms with Crippen molar-refractivity contribution in [2.75, 3.05) is 121 Å². The third-order valence-corrected chi connectivity index (χ3v) is 5.20. The van der Waals surface area contributed by atoms with Crippen LogP contribution in [0.15, 0.2) is 0 Å². The number of aliphatic hydroxyl groups is 3. The molecule has 0 aliphatic carbocycles. The van der Waals surface area contributed by atoms with Gasteiger partial charge in [0.2, 0.25) is 0 Å². The molecule has 0 fully saturated rings. The molecule has 0 bridgehead atoms. The molecule has 9 nitrogen and oxygen atoms in total. The molecule has 200 valence electrons. The highest BCUT2D eigenvalue weighted by atomic mass is 16.5. The van der Waals surface area contributed by atoms with Gasteiger partial charge in [0.25, 0.3) is 0 Å². The van der Waals surface area contributed by atoms with Crippen molar-refractivity contribution in [3.8, 4) is 0 Å². The van der Waals surface area contributed by atoms with Gasteiger partial charge < -0.3 is 38.5 Å². The molecule has 0 radical (unpaired) electrons. The molecule has 0 amide bonds. The fourth-order valence-electron chi connectivity index (χ4n) is 3.44. The SMILES string of the molecule is C[N+](C)(C)CCCC(O)CN(CCOCCOCCOCCO)CC(O)CCC[N+](C)(C)C. The minimum absolute atomic E-state index is 0.0224. The van der Waals surface area contributed by atoms with E-state index in [4.69, 9.17) is 19.3 Å². The first-order chi connectivity index (χ1) is 15.4. The highest BCUT2D eigenvalue weighted by Crippen LogP contribution is 2.08. The molecule has 0 aromatic heterocycles. The summed E-state index contributed by atoms with van der Waals surface area (Å²) in [5.41, 5.74) is 0. The fraction of sp³-hybridized carbons (Fsp3) is 1.00. The number of hydrogen-bond donors (Lipinski definition) is 3. The zero-order valence-corrected chi connectivity index (χ0v) is 22.4. The topological polar surface area (TPSA) is 91.6 Å². The third-order valence-electron chi connectivity index (χ3n) is 5.20. The number of nitrogens with zero attached hydrogens (tertiary/aromatic N) is 3. The van der Waals surface area contributed by atoms with Crippen molar-refractivity contribution in [3.63, 3.8) is 0 Å². The zero-order chi connectivity index (χ0) is 25.2. The van der Waals surface area contributed by atoms with Crippen molar-refractivity contribution in [1.82, 2.24) is 4.90 Å². The van der Waals surface area contributed by atoms with Gasteiger partial charge in [0, 0.05) is 19.6 Å². The van der Waals surface area contributed by atoms with Crippen molar-refractivity contribution in [2.45, 2.75) is 37.9 Å². The first kappa shape index (κ1) is 32.6. The number of ether oxygens (including phenoxy) is 3. The second-order valence-electron chi connectivity index (χ2n) is 10.9. The molecule has 9 heteroatoms. The van der Waals surface area contributed by atoms with Gasteiger partial charge in [-0.05, 0) is 25.7 Å². The molecule has 0 aliphatic rings. The Bertz CT molecular complexity index is 415. The quantitative estimate of drug-likeness (QED) is 0.140. The smallest absolute Gasteiger partial charge is 0.0781 e. The summed E-state index contributed by atoms with van der Waals surface area (Å²) in [6.45, 7) is 6.62. The summed E-state index contributed by atoms with van der Waals surface area (Å²) < 4.78 is 18.0. The Balaban J connectivity index is 4.30. The Morgan fingerprint density at radius 3 is 1.42 bits per heavy atom. The van der Waals surface area contributed by atoms with Crippen LogP contribution in [0.25, 0.3) is 0 Å². The van der Waals surface area contributed by atoms with E-state index in [0.29, 0.717) is 59.3 Å². The molecule has 0 aromatic rings. The summed E-state index contributed by atoms with van der Waals surface area (Å²) in [5, 5.41) is 29.8. The van der Waals surface area contributed by atoms with E-state index in [9.17, 15) is 10.2 Å². The minimum atomic E-state index is -0.405. The standard InChI is InChI=1S/C24H55N3O6/c1-26(2,3)12-7-9-23(29)21-25(22-24(30)10-8-13-27(4,5)6)11-15-31-17-19-33-20-18-32-16-14-28/h23-24,28-30H,7-22H2,1-6H3/q+2. The molecule has 0 spiro atoms. The maximum Gasteiger partial charge on any atom is 0.0781 e. The molecular formula is C24H55N3O6+2. The number of quaternary nitrogens is 2. The van der Waals surface area contributed by atoms with Gasteiger partial charge in [0.05, 0.1) is 114 Å². The van der Waals surface area contributed by atoms with Crippen LogP contribution in [-0.2, 0) is 14.2 Å². The van der Waals surface area contributed by atoms with Crippen LogP contribution >= 0.6 is 0 Å². The van der Waals surface area contributed by atoms with Crippen LogP contribution in [0.1, 0.15) is 25.7 Å². The molecule has 2 unspecified atom stereocenters. The van der Waals surface area contributed by atoms with Gasteiger partial charge in [0.15, 0.2) is 0 Å². The van der Waals surface area contributed by atoms with Crippen LogP contribution in [0.5, 0.6) is 0 Å². The summed E-state index contributed by atoms with van der Waals surface area (Å²) in [5.74, 6) is 0. The Labute approximate surface area is 203 Å². The van der Waals surface area contributed by atoms with Gasteiger partial charge in [-0.15, -0.1) is 0 Å². The Morgan fingerprint density at radius 2 is 1.03 bits per heavy atom. The average Bonchev–Trinajstić information content (AvgIpc) is 2.67. The van der Waals surface area contributed by atoms with E-state index >= 15 is 0 Å². The number of hydrogen-bond acceptors (Lipinski definition) is 7. The van der Waals surface area contributed by atoms with Gasteiger partial charge >= 0.3 is 0 Å². The fourth-order valence-corrected chi connectivity index (χ4v) is 3.44. The Morgan fingerprint density at radius 1 is 0.636 bits per heavy atom. The molecule has 0 aromatic carbocycles. The van der Waals surface area contributed by atoms with E-state index < -0.39 is 12.2 Å². The van der Waals surface area contributed by atoms with E-state index in [1.165, 1.54) is 0 Å². The van der Waals surface area contributed by atoms with Gasteiger partial charge in [-0.1, -0.05) is 0 Å². The maximum atomic E-state index is 10.6. The average molecular weight is 482 g/mol. The Kier molecular flexibility index (Phi) is 18.7. The van der Waals surface area contributed by atoms with Gasteiger partial charge in [-0.3, -0.25) is 4.90 Å². The number of rotatable bonds is 23. The highest BCUT2D eigenvalue weighted by molar-refractivity contribution is 4.69. The largest absolute Gasteiger partial charge is 0.394 e. The van der Waals surface area contributed by atoms with Crippen LogP contribution in [0, 0.1) is 0 Å². The first-order valence-corrected chi connectivity index (χ1v) is 12.5. The third kappa shape index (κ3) is 24.6. The molecule has 0 rings (SSSR count). The maximum absolute atomic E-state index is 10.6. The zero-order valence-electron chi connectivity index (χ0n) is 22.4. The van der Waals surface area contributed by atoms with Crippen molar-refractivity contribution in [1.29, 1.82) is 0 Å². The number of aliphatic hydroxyl groups excluding tert-OH is 3. The van der Waals surface area contributed by atoms with Crippen LogP contribution in [0.2, 0.25) is 0 Å². The molecule has 0 saturated carbocycles. The molecule has 0 saturated heterocycles. The normalized spacial score (nSPS) is 14.7. The molecule has 33 heavy (non-hydrogen) atoms. The summed E-state index contributed by atoms with van der Waals surface area (Å²) in [6.07, 6.45) is 2.66. The second-order valence-corrected chi connectivity index (χ2v) is 10.9. The van der Waals surface area contributed by atoms with E-state index in [0.717, 1.165) is 47.7 Å². The van der Waals surface area contributed by atoms with E-state index in [1.54, 1.807) is 0 Å². The van der Waals surface area contributed by atoms with E-state index in [-0.39, 0.29) is 6.61 Å². The second kappa shape index (κ2) is 18.9. The lowest BCUT2D eigenvalue weighted by molar-refractivity contribution is -0.870. The summed E-state index contributed by atoms with van der Waals surface area (Å²) in [6, 6.07) is 0. The monoisotopic (exact) mass is 481 g/mol. The molecule has 0 aliphatic heterocycles. The van der Waals surface area contributed by atoms with Crippen LogP contribution < -0.4 is 0 Å². The summed E-state index contributed by atoms with van der Waals surface area (Å²) in [4.78, 5) is 2.12. The Hall–Kier alpha value is -0.360. The van der Waals surface area contributed by atoms with Crippen LogP contribution in [0.3, 0.4) is 0 Å². The van der Waals surface area contributed by atoms with Crippen molar-refractivity contribution >= 4 is 0 Å². The molecule has 2 atom stereocenters. The van der Waals surface area contributed by atoms with Crippen LogP contribution in [0.4, 0.5) is 0 Å². The molecular weight excluding hydrogens is 426 g/mol. The summed E-state index contributed by atoms with van der Waals surface area (Å²) >= 11 is 0. The van der Waals surface area contributed by atoms with Crippen LogP contribution in [-0.4, -0.2) is 163 Å². The highest BCUT2D eigenvalue weighted by Gasteiger charge is 2.18. The van der Waals surface area contributed by atoms with E-state index in [1.807, 2.05) is 0 Å². The van der Waals surface area contributed by atoms with Gasteiger partial charge in [0.1, 0.15) is 0 Å². The van der Waals surface area contributed by atoms with Gasteiger partial charge in [-0.2, -0.15) is 0 Å². The lowest BCUT2D eigenvalue weighted by atomic mass is 10.1. The van der Waals surface area contributed by atoms with Crippen molar-refractivity contribution in [3.05, 3.63) is 0 Å². The predicted octanol–water partition coefficient (Wildman–Crippen LogP) is 0.0251. The van der Waals surface area contributed by atoms with Crippen molar-refractivity contribution in [2.24, 2.45) is 0 Å². The minimum Gasteiger partial charge on any atom is -0.394 e. The van der Waals surface area contributed by atoms with Gasteiger partial charge in [-0.25, -0.2) is 0 Å². The molecule has 0 heterocycles. The predicted molar refractivity (Wildman–Crippen MR) is 132 cm³/mol. The summed E-state index contributed by atoms with van der Waals surface area (Å²) in [7, 11) is 13.0. The lowest BCUT2D eigenvalue weighted by Gasteiger charge is -2.29. The molecule has 3 N–H and O–H groups in total.